The van der Waals surface area contributed by atoms with E-state index in [0.717, 1.165) is 32.1 Å². The third-order valence-corrected chi connectivity index (χ3v) is 3.81. The second-order valence-corrected chi connectivity index (χ2v) is 6.54. The van der Waals surface area contributed by atoms with Crippen molar-refractivity contribution in [1.82, 2.24) is 4.90 Å². The Kier molecular flexibility index (Phi) is 3.70. The highest BCUT2D eigenvalue weighted by atomic mass is 16.6. The molecule has 1 aliphatic carbocycles. The van der Waals surface area contributed by atoms with E-state index in [0.29, 0.717) is 6.54 Å². The van der Waals surface area contributed by atoms with E-state index in [1.807, 2.05) is 20.8 Å². The van der Waals surface area contributed by atoms with E-state index in [2.05, 4.69) is 12.2 Å². The largest absolute Gasteiger partial charge is 0.443 e. The van der Waals surface area contributed by atoms with Crippen molar-refractivity contribution in [3.8, 4) is 0 Å². The summed E-state index contributed by atoms with van der Waals surface area (Å²) in [4.78, 5) is 26.0. The molecule has 1 spiro atoms. The quantitative estimate of drug-likeness (QED) is 0.631. The van der Waals surface area contributed by atoms with Crippen molar-refractivity contribution in [3.63, 3.8) is 0 Å². The number of imide groups is 1. The van der Waals surface area contributed by atoms with Crippen LogP contribution >= 0.6 is 0 Å². The number of hydrogen-bond acceptors (Lipinski definition) is 3. The van der Waals surface area contributed by atoms with Crippen LogP contribution in [0.15, 0.2) is 12.2 Å². The molecule has 0 saturated carbocycles. The molecule has 1 aliphatic heterocycles. The first kappa shape index (κ1) is 14.1. The molecule has 4 heteroatoms. The number of hydrogen-bond donors (Lipinski definition) is 0. The van der Waals surface area contributed by atoms with Gasteiger partial charge in [0.2, 0.25) is 5.91 Å². The summed E-state index contributed by atoms with van der Waals surface area (Å²) in [5.41, 5.74) is -0.918. The molecule has 2 rings (SSSR count). The number of nitrogens with zero attached hydrogens (tertiary/aromatic N) is 1. The number of allylic oxidation sites excluding steroid dienone is 2. The van der Waals surface area contributed by atoms with Gasteiger partial charge in [0.15, 0.2) is 0 Å². The number of ether oxygens (including phenoxy) is 1. The van der Waals surface area contributed by atoms with Gasteiger partial charge >= 0.3 is 6.09 Å². The highest BCUT2D eigenvalue weighted by Crippen LogP contribution is 2.42. The van der Waals surface area contributed by atoms with Crippen LogP contribution in [0.1, 0.15) is 52.9 Å². The molecule has 0 N–H and O–H groups in total. The zero-order valence-corrected chi connectivity index (χ0v) is 12.1. The standard InChI is InChI=1S/C15H23NO3/c1-14(2,3)19-13(18)16-11-7-10-15(12(16)17)8-5-4-6-9-15/h4-5H,6-11H2,1-3H3. The summed E-state index contributed by atoms with van der Waals surface area (Å²) < 4.78 is 5.33. The molecule has 2 amide bonds. The van der Waals surface area contributed by atoms with Crippen molar-refractivity contribution < 1.29 is 14.3 Å². The number of carbonyl (C=O) groups is 2. The normalized spacial score (nSPS) is 27.7. The third kappa shape index (κ3) is 2.99. The van der Waals surface area contributed by atoms with E-state index < -0.39 is 11.7 Å². The smallest absolute Gasteiger partial charge is 0.417 e. The fraction of sp³-hybridized carbons (Fsp3) is 0.733. The molecule has 0 aromatic heterocycles. The molecule has 19 heavy (non-hydrogen) atoms. The monoisotopic (exact) mass is 265 g/mol. The number of piperidine rings is 1. The molecule has 1 unspecified atom stereocenters. The number of rotatable bonds is 0. The highest BCUT2D eigenvalue weighted by Gasteiger charge is 2.46. The minimum atomic E-state index is -0.561. The van der Waals surface area contributed by atoms with Gasteiger partial charge in [-0.05, 0) is 52.9 Å². The number of amides is 2. The Hall–Kier alpha value is -1.32. The van der Waals surface area contributed by atoms with Gasteiger partial charge in [0.05, 0.1) is 5.41 Å². The second kappa shape index (κ2) is 4.99. The molecule has 0 radical (unpaired) electrons. The molecule has 1 atom stereocenters. The Morgan fingerprint density at radius 2 is 2.05 bits per heavy atom. The fourth-order valence-corrected chi connectivity index (χ4v) is 2.87. The Labute approximate surface area is 114 Å². The van der Waals surface area contributed by atoms with Gasteiger partial charge in [-0.3, -0.25) is 4.79 Å². The average molecular weight is 265 g/mol. The highest BCUT2D eigenvalue weighted by molar-refractivity contribution is 5.96. The molecule has 0 bridgehead atoms. The van der Waals surface area contributed by atoms with Gasteiger partial charge in [0, 0.05) is 6.54 Å². The zero-order chi connectivity index (χ0) is 14.1. The molecule has 4 nitrogen and oxygen atoms in total. The lowest BCUT2D eigenvalue weighted by atomic mass is 9.71. The Balaban J connectivity index is 2.12. The van der Waals surface area contributed by atoms with E-state index in [4.69, 9.17) is 4.74 Å². The Bertz CT molecular complexity index is 408. The molecule has 1 saturated heterocycles. The number of carbonyl (C=O) groups excluding carboxylic acids is 2. The van der Waals surface area contributed by atoms with Crippen LogP contribution in [-0.2, 0) is 9.53 Å². The molecule has 1 heterocycles. The van der Waals surface area contributed by atoms with Crippen molar-refractivity contribution in [2.24, 2.45) is 5.41 Å². The van der Waals surface area contributed by atoms with E-state index in [1.54, 1.807) is 0 Å². The van der Waals surface area contributed by atoms with Crippen LogP contribution in [0.3, 0.4) is 0 Å². The maximum Gasteiger partial charge on any atom is 0.417 e. The summed E-state index contributed by atoms with van der Waals surface area (Å²) in [6, 6.07) is 0. The van der Waals surface area contributed by atoms with Crippen molar-refractivity contribution in [3.05, 3.63) is 12.2 Å². The van der Waals surface area contributed by atoms with Gasteiger partial charge in [-0.25, -0.2) is 9.69 Å². The SMILES string of the molecule is CC(C)(C)OC(=O)N1CCCC2(CC=CCC2)C1=O. The van der Waals surface area contributed by atoms with E-state index in [9.17, 15) is 9.59 Å². The predicted molar refractivity (Wildman–Crippen MR) is 72.6 cm³/mol. The summed E-state index contributed by atoms with van der Waals surface area (Å²) in [6.45, 7) is 5.94. The van der Waals surface area contributed by atoms with Gasteiger partial charge in [0.1, 0.15) is 5.60 Å². The second-order valence-electron chi connectivity index (χ2n) is 6.54. The lowest BCUT2D eigenvalue weighted by molar-refractivity contribution is -0.145. The molecule has 0 aromatic carbocycles. The zero-order valence-electron chi connectivity index (χ0n) is 12.1. The van der Waals surface area contributed by atoms with Crippen molar-refractivity contribution in [2.75, 3.05) is 6.54 Å². The molecule has 0 aromatic rings. The van der Waals surface area contributed by atoms with E-state index >= 15 is 0 Å². The topological polar surface area (TPSA) is 46.6 Å². The predicted octanol–water partition coefficient (Wildman–Crippen LogP) is 3.27. The minimum Gasteiger partial charge on any atom is -0.443 e. The van der Waals surface area contributed by atoms with Gasteiger partial charge in [0.25, 0.3) is 0 Å². The Morgan fingerprint density at radius 1 is 1.32 bits per heavy atom. The Morgan fingerprint density at radius 3 is 2.63 bits per heavy atom. The molecular weight excluding hydrogens is 242 g/mol. The van der Waals surface area contributed by atoms with Gasteiger partial charge in [-0.2, -0.15) is 0 Å². The summed E-state index contributed by atoms with van der Waals surface area (Å²) in [5.74, 6) is -0.0441. The number of likely N-dealkylation sites (tertiary alicyclic amines) is 1. The van der Waals surface area contributed by atoms with Crippen LogP contribution in [-0.4, -0.2) is 29.0 Å². The molecule has 1 fully saturated rings. The van der Waals surface area contributed by atoms with Crippen LogP contribution < -0.4 is 0 Å². The summed E-state index contributed by atoms with van der Waals surface area (Å²) >= 11 is 0. The fourth-order valence-electron chi connectivity index (χ4n) is 2.87. The molecule has 2 aliphatic rings. The van der Waals surface area contributed by atoms with E-state index in [1.165, 1.54) is 4.90 Å². The van der Waals surface area contributed by atoms with Crippen LogP contribution in [0.2, 0.25) is 0 Å². The van der Waals surface area contributed by atoms with Gasteiger partial charge < -0.3 is 4.74 Å². The summed E-state index contributed by atoms with van der Waals surface area (Å²) in [6.07, 6.45) is 7.98. The van der Waals surface area contributed by atoms with Crippen molar-refractivity contribution in [2.45, 2.75) is 58.5 Å². The first-order valence-corrected chi connectivity index (χ1v) is 7.04. The van der Waals surface area contributed by atoms with Crippen LogP contribution in [0, 0.1) is 5.41 Å². The van der Waals surface area contributed by atoms with Crippen molar-refractivity contribution >= 4 is 12.0 Å². The van der Waals surface area contributed by atoms with Crippen LogP contribution in [0.4, 0.5) is 4.79 Å². The third-order valence-electron chi connectivity index (χ3n) is 3.81. The van der Waals surface area contributed by atoms with Crippen molar-refractivity contribution in [1.29, 1.82) is 0 Å². The summed E-state index contributed by atoms with van der Waals surface area (Å²) in [5, 5.41) is 0. The molecule has 106 valence electrons. The minimum absolute atomic E-state index is 0.0441. The van der Waals surface area contributed by atoms with Crippen LogP contribution in [0.5, 0.6) is 0 Å². The first-order chi connectivity index (χ1) is 8.84. The van der Waals surface area contributed by atoms with Gasteiger partial charge in [-0.15, -0.1) is 0 Å². The molecular formula is C15H23NO3. The average Bonchev–Trinajstić information content (AvgIpc) is 2.32. The maximum atomic E-state index is 12.6. The maximum absolute atomic E-state index is 12.6. The lowest BCUT2D eigenvalue weighted by Crippen LogP contribution is -2.52. The van der Waals surface area contributed by atoms with Gasteiger partial charge in [-0.1, -0.05) is 12.2 Å². The lowest BCUT2D eigenvalue weighted by Gasteiger charge is -2.41. The van der Waals surface area contributed by atoms with Crippen LogP contribution in [0.25, 0.3) is 0 Å². The first-order valence-electron chi connectivity index (χ1n) is 7.04. The summed E-state index contributed by atoms with van der Waals surface area (Å²) in [7, 11) is 0. The van der Waals surface area contributed by atoms with E-state index in [-0.39, 0.29) is 11.3 Å².